The molecule has 0 unspecified atom stereocenters. The molecule has 7 heteroatoms. The molecule has 1 aliphatic carbocycles. The zero-order chi connectivity index (χ0) is 24.6. The van der Waals surface area contributed by atoms with Gasteiger partial charge in [0.25, 0.3) is 0 Å². The van der Waals surface area contributed by atoms with Crippen molar-refractivity contribution in [2.45, 2.75) is 31.7 Å². The fraction of sp³-hybridized carbons (Fsp3) is 0.250. The lowest BCUT2D eigenvalue weighted by Crippen LogP contribution is -2.27. The number of ether oxygens (including phenoxy) is 1. The van der Waals surface area contributed by atoms with Crippen molar-refractivity contribution in [3.63, 3.8) is 0 Å². The summed E-state index contributed by atoms with van der Waals surface area (Å²) in [6.45, 7) is 1.05. The second-order valence-corrected chi connectivity index (χ2v) is 8.49. The number of nitrogens with one attached hydrogen (secondary N) is 2. The highest BCUT2D eigenvalue weighted by Crippen LogP contribution is 2.44. The number of unbranched alkanes of at least 4 members (excludes halogenated alkanes) is 1. The molecule has 0 heterocycles. The molecule has 3 aromatic carbocycles. The predicted molar refractivity (Wildman–Crippen MR) is 132 cm³/mol. The molecule has 7 nitrogen and oxygen atoms in total. The monoisotopic (exact) mass is 472 g/mol. The van der Waals surface area contributed by atoms with Gasteiger partial charge in [-0.2, -0.15) is 0 Å². The van der Waals surface area contributed by atoms with Crippen LogP contribution in [0.1, 0.15) is 52.2 Å². The average Bonchev–Trinajstić information content (AvgIpc) is 3.20. The number of alkyl carbamates (subject to hydrolysis) is 1. The zero-order valence-electron chi connectivity index (χ0n) is 19.3. The standard InChI is InChI=1S/C28H28N2O5/c31-26(30-17-19-12-14-20(15-13-19)27(32)33)11-5-6-16-29-28(34)35-18-25-23-9-3-1-7-21(23)22-8-2-4-10-24(22)25/h1-4,7-10,12-15,25H,5-6,11,16-18H2,(H,29,34)(H,30,31)(H,32,33). The molecule has 1 aliphatic rings. The maximum absolute atomic E-state index is 12.2. The Morgan fingerprint density at radius 2 is 1.43 bits per heavy atom. The Morgan fingerprint density at radius 1 is 0.800 bits per heavy atom. The third-order valence-electron chi connectivity index (χ3n) is 6.13. The minimum atomic E-state index is -0.979. The van der Waals surface area contributed by atoms with E-state index in [0.717, 1.165) is 5.56 Å². The highest BCUT2D eigenvalue weighted by Gasteiger charge is 2.28. The number of hydrogen-bond donors (Lipinski definition) is 3. The minimum Gasteiger partial charge on any atom is -0.478 e. The third-order valence-corrected chi connectivity index (χ3v) is 6.13. The molecule has 3 N–H and O–H groups in total. The van der Waals surface area contributed by atoms with E-state index in [4.69, 9.17) is 9.84 Å². The van der Waals surface area contributed by atoms with Crippen LogP contribution in [-0.4, -0.2) is 36.2 Å². The SMILES string of the molecule is O=C(CCCCNC(=O)OCC1c2ccccc2-c2ccccc21)NCc1ccc(C(=O)O)cc1. The van der Waals surface area contributed by atoms with Crippen LogP contribution in [0.5, 0.6) is 0 Å². The van der Waals surface area contributed by atoms with Gasteiger partial charge in [-0.1, -0.05) is 60.7 Å². The van der Waals surface area contributed by atoms with E-state index in [9.17, 15) is 14.4 Å². The number of fused-ring (bicyclic) bond motifs is 3. The van der Waals surface area contributed by atoms with Crippen molar-refractivity contribution in [2.24, 2.45) is 0 Å². The Balaban J connectivity index is 1.12. The summed E-state index contributed by atoms with van der Waals surface area (Å²) in [4.78, 5) is 35.1. The van der Waals surface area contributed by atoms with Gasteiger partial charge in [0.15, 0.2) is 0 Å². The van der Waals surface area contributed by atoms with Crippen LogP contribution in [0.25, 0.3) is 11.1 Å². The van der Waals surface area contributed by atoms with Gasteiger partial charge in [-0.25, -0.2) is 9.59 Å². The lowest BCUT2D eigenvalue weighted by Gasteiger charge is -2.14. The third kappa shape index (κ3) is 6.06. The normalized spacial score (nSPS) is 11.9. The molecule has 0 saturated carbocycles. The van der Waals surface area contributed by atoms with Crippen molar-refractivity contribution in [2.75, 3.05) is 13.2 Å². The van der Waals surface area contributed by atoms with Crippen molar-refractivity contribution in [3.8, 4) is 11.1 Å². The molecule has 0 aromatic heterocycles. The largest absolute Gasteiger partial charge is 0.478 e. The van der Waals surface area contributed by atoms with Crippen LogP contribution in [0, 0.1) is 0 Å². The molecule has 35 heavy (non-hydrogen) atoms. The number of hydrogen-bond acceptors (Lipinski definition) is 4. The molecular weight excluding hydrogens is 444 g/mol. The molecule has 0 spiro atoms. The number of carboxylic acids is 1. The van der Waals surface area contributed by atoms with Gasteiger partial charge in [0.2, 0.25) is 5.91 Å². The fourth-order valence-corrected chi connectivity index (χ4v) is 4.30. The van der Waals surface area contributed by atoms with E-state index in [1.807, 2.05) is 24.3 Å². The van der Waals surface area contributed by atoms with Gasteiger partial charge in [0.1, 0.15) is 6.61 Å². The van der Waals surface area contributed by atoms with Gasteiger partial charge in [0, 0.05) is 25.4 Å². The quantitative estimate of drug-likeness (QED) is 0.371. The van der Waals surface area contributed by atoms with Crippen molar-refractivity contribution >= 4 is 18.0 Å². The summed E-state index contributed by atoms with van der Waals surface area (Å²) in [5, 5.41) is 14.5. The van der Waals surface area contributed by atoms with Crippen LogP contribution >= 0.6 is 0 Å². The maximum atomic E-state index is 12.2. The first-order valence-electron chi connectivity index (χ1n) is 11.7. The van der Waals surface area contributed by atoms with Gasteiger partial charge >= 0.3 is 12.1 Å². The first-order valence-corrected chi connectivity index (χ1v) is 11.7. The lowest BCUT2D eigenvalue weighted by molar-refractivity contribution is -0.121. The highest BCUT2D eigenvalue weighted by atomic mass is 16.5. The van der Waals surface area contributed by atoms with Crippen LogP contribution < -0.4 is 10.6 Å². The summed E-state index contributed by atoms with van der Waals surface area (Å²) < 4.78 is 5.51. The van der Waals surface area contributed by atoms with Crippen LogP contribution in [-0.2, 0) is 16.1 Å². The van der Waals surface area contributed by atoms with Crippen LogP contribution in [0.2, 0.25) is 0 Å². The van der Waals surface area contributed by atoms with Gasteiger partial charge in [-0.15, -0.1) is 0 Å². The molecule has 0 fully saturated rings. The minimum absolute atomic E-state index is 0.0252. The van der Waals surface area contributed by atoms with Crippen LogP contribution in [0.4, 0.5) is 4.79 Å². The van der Waals surface area contributed by atoms with E-state index in [1.165, 1.54) is 34.4 Å². The van der Waals surface area contributed by atoms with Gasteiger partial charge in [-0.3, -0.25) is 4.79 Å². The maximum Gasteiger partial charge on any atom is 0.407 e. The number of benzene rings is 3. The van der Waals surface area contributed by atoms with E-state index < -0.39 is 12.1 Å². The van der Waals surface area contributed by atoms with E-state index in [2.05, 4.69) is 34.9 Å². The first-order chi connectivity index (χ1) is 17.0. The summed E-state index contributed by atoms with van der Waals surface area (Å²) >= 11 is 0. The van der Waals surface area contributed by atoms with Gasteiger partial charge < -0.3 is 20.5 Å². The molecule has 0 saturated heterocycles. The Kier molecular flexibility index (Phi) is 7.77. The molecule has 0 bridgehead atoms. The molecule has 4 rings (SSSR count). The second-order valence-electron chi connectivity index (χ2n) is 8.49. The summed E-state index contributed by atoms with van der Waals surface area (Å²) in [6.07, 6.45) is 1.18. The molecular formula is C28H28N2O5. The Bertz CT molecular complexity index is 1160. The summed E-state index contributed by atoms with van der Waals surface area (Å²) in [5.41, 5.74) is 5.76. The molecule has 180 valence electrons. The van der Waals surface area contributed by atoms with E-state index >= 15 is 0 Å². The van der Waals surface area contributed by atoms with Gasteiger partial charge in [-0.05, 0) is 52.8 Å². The Morgan fingerprint density at radius 3 is 2.06 bits per heavy atom. The molecule has 3 aromatic rings. The van der Waals surface area contributed by atoms with Crippen molar-refractivity contribution in [1.29, 1.82) is 0 Å². The van der Waals surface area contributed by atoms with E-state index in [-0.39, 0.29) is 24.0 Å². The topological polar surface area (TPSA) is 105 Å². The van der Waals surface area contributed by atoms with Crippen molar-refractivity contribution in [1.82, 2.24) is 10.6 Å². The number of rotatable bonds is 10. The van der Waals surface area contributed by atoms with E-state index in [0.29, 0.717) is 32.4 Å². The van der Waals surface area contributed by atoms with Crippen molar-refractivity contribution in [3.05, 3.63) is 95.1 Å². The smallest absolute Gasteiger partial charge is 0.407 e. The molecule has 2 amide bonds. The number of carbonyl (C=O) groups excluding carboxylic acids is 2. The molecule has 0 atom stereocenters. The van der Waals surface area contributed by atoms with Gasteiger partial charge in [0.05, 0.1) is 5.56 Å². The molecule has 0 aliphatic heterocycles. The number of carbonyl (C=O) groups is 3. The van der Waals surface area contributed by atoms with Crippen molar-refractivity contribution < 1.29 is 24.2 Å². The Labute approximate surface area is 204 Å². The Hall–Kier alpha value is -4.13. The summed E-state index contributed by atoms with van der Waals surface area (Å²) in [7, 11) is 0. The average molecular weight is 473 g/mol. The predicted octanol–water partition coefficient (Wildman–Crippen LogP) is 4.71. The fourth-order valence-electron chi connectivity index (χ4n) is 4.30. The number of amides is 2. The number of carboxylic acid groups (broad SMARTS) is 1. The number of aromatic carboxylic acids is 1. The molecule has 0 radical (unpaired) electrons. The van der Waals surface area contributed by atoms with E-state index in [1.54, 1.807) is 12.1 Å². The van der Waals surface area contributed by atoms with Crippen LogP contribution in [0.3, 0.4) is 0 Å². The second kappa shape index (κ2) is 11.3. The summed E-state index contributed by atoms with van der Waals surface area (Å²) in [6, 6.07) is 22.8. The lowest BCUT2D eigenvalue weighted by atomic mass is 9.98. The first kappa shape index (κ1) is 24.0. The van der Waals surface area contributed by atoms with Crippen LogP contribution in [0.15, 0.2) is 72.8 Å². The summed E-state index contributed by atoms with van der Waals surface area (Å²) in [5.74, 6) is -1.04. The highest BCUT2D eigenvalue weighted by molar-refractivity contribution is 5.87. The zero-order valence-corrected chi connectivity index (χ0v) is 19.3.